The largest absolute Gasteiger partial charge is 0.480 e. The third-order valence-electron chi connectivity index (χ3n) is 3.87. The Morgan fingerprint density at radius 3 is 2.56 bits per heavy atom. The average Bonchev–Trinajstić information content (AvgIpc) is 2.68. The van der Waals surface area contributed by atoms with Crippen LogP contribution in [0.1, 0.15) is 32.6 Å². The van der Waals surface area contributed by atoms with E-state index in [4.69, 9.17) is 0 Å². The van der Waals surface area contributed by atoms with E-state index in [0.717, 1.165) is 25.7 Å². The van der Waals surface area contributed by atoms with E-state index in [0.29, 0.717) is 11.8 Å². The zero-order chi connectivity index (χ0) is 13.3. The second-order valence-corrected chi connectivity index (χ2v) is 6.15. The zero-order valence-electron chi connectivity index (χ0n) is 10.8. The van der Waals surface area contributed by atoms with Crippen molar-refractivity contribution in [3.05, 3.63) is 0 Å². The molecule has 1 aliphatic heterocycles. The van der Waals surface area contributed by atoms with Crippen molar-refractivity contribution in [3.63, 3.8) is 0 Å². The van der Waals surface area contributed by atoms with Crippen molar-refractivity contribution in [3.8, 4) is 0 Å². The Bertz CT molecular complexity index is 346. The molecule has 0 aromatic heterocycles. The van der Waals surface area contributed by atoms with Crippen LogP contribution < -0.4 is 0 Å². The first kappa shape index (κ1) is 13.5. The van der Waals surface area contributed by atoms with E-state index in [1.54, 1.807) is 28.6 Å². The number of rotatable bonds is 3. The van der Waals surface area contributed by atoms with Gasteiger partial charge in [0.25, 0.3) is 0 Å². The monoisotopic (exact) mass is 272 g/mol. The molecule has 1 N–H and O–H groups in total. The van der Waals surface area contributed by atoms with Crippen LogP contribution >= 0.6 is 11.8 Å². The molecule has 0 aromatic rings. The Kier molecular flexibility index (Phi) is 4.04. The van der Waals surface area contributed by atoms with Crippen molar-refractivity contribution in [2.24, 2.45) is 0 Å². The van der Waals surface area contributed by atoms with Crippen LogP contribution in [0.25, 0.3) is 0 Å². The number of hydrogen-bond donors (Lipinski definition) is 1. The smallest absolute Gasteiger partial charge is 0.327 e. The first-order valence-electron chi connectivity index (χ1n) is 6.45. The fraction of sp³-hybridized carbons (Fsp3) is 0.833. The second-order valence-electron chi connectivity index (χ2n) is 4.94. The summed E-state index contributed by atoms with van der Waals surface area (Å²) in [5.74, 6) is -0.397. The van der Waals surface area contributed by atoms with Crippen molar-refractivity contribution in [1.82, 2.24) is 9.80 Å². The van der Waals surface area contributed by atoms with Crippen LogP contribution in [0.5, 0.6) is 0 Å². The average molecular weight is 272 g/mol. The molecule has 2 aliphatic rings. The van der Waals surface area contributed by atoms with Crippen LogP contribution in [-0.2, 0) is 4.79 Å². The van der Waals surface area contributed by atoms with Gasteiger partial charge in [0.15, 0.2) is 0 Å². The standard InChI is InChI=1S/C12H20N2O3S/c1-3-10-14(9(7-18-10)11(15)16)12(17)13(2)8-5-4-6-8/h8-10H,3-7H2,1-2H3,(H,15,16). The zero-order valence-corrected chi connectivity index (χ0v) is 11.7. The van der Waals surface area contributed by atoms with E-state index in [-0.39, 0.29) is 11.4 Å². The number of amides is 2. The van der Waals surface area contributed by atoms with E-state index in [1.807, 2.05) is 6.92 Å². The normalized spacial score (nSPS) is 28.0. The van der Waals surface area contributed by atoms with Gasteiger partial charge in [0.05, 0.1) is 5.37 Å². The summed E-state index contributed by atoms with van der Waals surface area (Å²) in [6, 6.07) is -0.492. The molecule has 1 saturated carbocycles. The number of hydrogen-bond acceptors (Lipinski definition) is 3. The predicted octanol–water partition coefficient (Wildman–Crippen LogP) is 1.83. The molecule has 0 bridgehead atoms. The molecule has 6 heteroatoms. The topological polar surface area (TPSA) is 60.9 Å². The van der Waals surface area contributed by atoms with Crippen molar-refractivity contribution >= 4 is 23.8 Å². The Balaban J connectivity index is 2.10. The van der Waals surface area contributed by atoms with E-state index in [9.17, 15) is 14.7 Å². The van der Waals surface area contributed by atoms with Crippen LogP contribution in [0.3, 0.4) is 0 Å². The maximum Gasteiger partial charge on any atom is 0.327 e. The molecule has 1 saturated heterocycles. The van der Waals surface area contributed by atoms with Crippen LogP contribution in [0.4, 0.5) is 4.79 Å². The number of thioether (sulfide) groups is 1. The van der Waals surface area contributed by atoms with Gasteiger partial charge >= 0.3 is 12.0 Å². The van der Waals surface area contributed by atoms with Crippen LogP contribution in [0.15, 0.2) is 0 Å². The van der Waals surface area contributed by atoms with Crippen LogP contribution in [0, 0.1) is 0 Å². The predicted molar refractivity (Wildman–Crippen MR) is 70.6 cm³/mol. The molecule has 2 fully saturated rings. The number of urea groups is 1. The molecule has 2 unspecified atom stereocenters. The minimum absolute atomic E-state index is 0.00104. The van der Waals surface area contributed by atoms with Gasteiger partial charge in [-0.25, -0.2) is 9.59 Å². The summed E-state index contributed by atoms with van der Waals surface area (Å²) < 4.78 is 0. The Hall–Kier alpha value is -0.910. The SMILES string of the molecule is CCC1SCC(C(=O)O)N1C(=O)N(C)C1CCC1. The number of nitrogens with zero attached hydrogens (tertiary/aromatic N) is 2. The molecule has 102 valence electrons. The molecule has 5 nitrogen and oxygen atoms in total. The molecule has 18 heavy (non-hydrogen) atoms. The summed E-state index contributed by atoms with van der Waals surface area (Å²) in [6.07, 6.45) is 4.03. The molecule has 1 aliphatic carbocycles. The van der Waals surface area contributed by atoms with Gasteiger partial charge in [-0.2, -0.15) is 0 Å². The minimum Gasteiger partial charge on any atom is -0.480 e. The Labute approximate surface area is 112 Å². The molecule has 0 radical (unpaired) electrons. The van der Waals surface area contributed by atoms with Crippen LogP contribution in [0.2, 0.25) is 0 Å². The van der Waals surface area contributed by atoms with Gasteiger partial charge < -0.3 is 10.0 Å². The lowest BCUT2D eigenvalue weighted by molar-refractivity contribution is -0.141. The van der Waals surface area contributed by atoms with Crippen molar-refractivity contribution in [2.75, 3.05) is 12.8 Å². The van der Waals surface area contributed by atoms with Gasteiger partial charge in [0, 0.05) is 18.8 Å². The van der Waals surface area contributed by atoms with E-state index >= 15 is 0 Å². The lowest BCUT2D eigenvalue weighted by atomic mass is 9.92. The van der Waals surface area contributed by atoms with Crippen LogP contribution in [-0.4, -0.2) is 57.2 Å². The third kappa shape index (κ3) is 2.30. The van der Waals surface area contributed by atoms with Gasteiger partial charge in [0.1, 0.15) is 6.04 Å². The summed E-state index contributed by atoms with van der Waals surface area (Å²) in [6.45, 7) is 1.99. The first-order valence-corrected chi connectivity index (χ1v) is 7.50. The minimum atomic E-state index is -0.895. The molecular weight excluding hydrogens is 252 g/mol. The van der Waals surface area contributed by atoms with E-state index in [1.165, 1.54) is 0 Å². The molecule has 2 amide bonds. The van der Waals surface area contributed by atoms with Gasteiger partial charge in [-0.15, -0.1) is 11.8 Å². The maximum atomic E-state index is 12.4. The van der Waals surface area contributed by atoms with Crippen molar-refractivity contribution < 1.29 is 14.7 Å². The first-order chi connectivity index (χ1) is 8.56. The molecule has 1 heterocycles. The highest BCUT2D eigenvalue weighted by atomic mass is 32.2. The quantitative estimate of drug-likeness (QED) is 0.851. The lowest BCUT2D eigenvalue weighted by Crippen LogP contribution is -2.54. The van der Waals surface area contributed by atoms with Gasteiger partial charge in [-0.3, -0.25) is 4.90 Å². The number of carboxylic acids is 1. The maximum absolute atomic E-state index is 12.4. The van der Waals surface area contributed by atoms with Gasteiger partial charge in [-0.05, 0) is 25.7 Å². The molecule has 2 atom stereocenters. The molecule has 0 spiro atoms. The Morgan fingerprint density at radius 2 is 2.11 bits per heavy atom. The fourth-order valence-corrected chi connectivity index (χ4v) is 3.78. The molecule has 0 aromatic carbocycles. The highest BCUT2D eigenvalue weighted by Gasteiger charge is 2.43. The van der Waals surface area contributed by atoms with Gasteiger partial charge in [0.2, 0.25) is 0 Å². The lowest BCUT2D eigenvalue weighted by Gasteiger charge is -2.39. The summed E-state index contributed by atoms with van der Waals surface area (Å²) in [5, 5.41) is 9.21. The number of carbonyl (C=O) groups excluding carboxylic acids is 1. The number of aliphatic carboxylic acids is 1. The van der Waals surface area contributed by atoms with Gasteiger partial charge in [-0.1, -0.05) is 6.92 Å². The summed E-state index contributed by atoms with van der Waals surface area (Å²) >= 11 is 1.57. The summed E-state index contributed by atoms with van der Waals surface area (Å²) in [4.78, 5) is 27.0. The molecular formula is C12H20N2O3S. The number of carboxylic acid groups (broad SMARTS) is 1. The van der Waals surface area contributed by atoms with Crippen molar-refractivity contribution in [1.29, 1.82) is 0 Å². The van der Waals surface area contributed by atoms with Crippen molar-refractivity contribution in [2.45, 2.75) is 50.1 Å². The third-order valence-corrected chi connectivity index (χ3v) is 5.33. The number of carbonyl (C=O) groups is 2. The van der Waals surface area contributed by atoms with E-state index < -0.39 is 12.0 Å². The highest BCUT2D eigenvalue weighted by Crippen LogP contribution is 2.33. The summed E-state index contributed by atoms with van der Waals surface area (Å²) in [7, 11) is 1.79. The van der Waals surface area contributed by atoms with E-state index in [2.05, 4.69) is 0 Å². The summed E-state index contributed by atoms with van der Waals surface area (Å²) in [5.41, 5.74) is 0. The second kappa shape index (κ2) is 5.38. The fourth-order valence-electron chi connectivity index (χ4n) is 2.44. The molecule has 2 rings (SSSR count). The highest BCUT2D eigenvalue weighted by molar-refractivity contribution is 8.00. The Morgan fingerprint density at radius 1 is 1.44 bits per heavy atom.